The van der Waals surface area contributed by atoms with Crippen molar-refractivity contribution >= 4 is 44.3 Å². The number of anilines is 1. The number of amides is 2. The van der Waals surface area contributed by atoms with E-state index in [1.807, 2.05) is 4.90 Å². The average molecular weight is 526 g/mol. The number of likely N-dealkylation sites (tertiary alicyclic amines) is 1. The molecule has 1 aromatic heterocycles. The van der Waals surface area contributed by atoms with Crippen LogP contribution in [0.3, 0.4) is 0 Å². The molecule has 0 saturated carbocycles. The molecule has 1 aromatic carbocycles. The maximum absolute atomic E-state index is 12.6. The Bertz CT molecular complexity index is 1210. The van der Waals surface area contributed by atoms with Crippen molar-refractivity contribution in [1.82, 2.24) is 15.2 Å². The Kier molecular flexibility index (Phi) is 7.18. The van der Waals surface area contributed by atoms with E-state index in [4.69, 9.17) is 8.92 Å². The normalized spacial score (nSPS) is 18.3. The van der Waals surface area contributed by atoms with Crippen LogP contribution in [0.1, 0.15) is 22.5 Å². The van der Waals surface area contributed by atoms with E-state index in [0.717, 1.165) is 6.26 Å². The van der Waals surface area contributed by atoms with Crippen molar-refractivity contribution in [3.8, 4) is 0 Å². The molecular weight excluding hydrogens is 502 g/mol. The molecule has 3 heterocycles. The van der Waals surface area contributed by atoms with Crippen LogP contribution >= 0.6 is 11.3 Å². The number of rotatable bonds is 8. The van der Waals surface area contributed by atoms with E-state index < -0.39 is 27.2 Å². The Labute approximate surface area is 204 Å². The van der Waals surface area contributed by atoms with Crippen LogP contribution in [0, 0.1) is 10.1 Å². The number of thiazole rings is 1. The average Bonchev–Trinajstić information content (AvgIpc) is 3.44. The fourth-order valence-corrected chi connectivity index (χ4v) is 5.11. The standard InChI is InChI=1S/C20H23N5O8S2/c1-35(30,31)33-16-9-24(10-16)19-22-17(12-34-19)18(26)21-14-6-7-23(8-14)20(27)32-11-13-2-4-15(5-3-13)25(28)29/h2-5,12,14,16H,6-11H2,1H3,(H,21,26)/t14-/m0/s1. The predicted molar refractivity (Wildman–Crippen MR) is 125 cm³/mol. The molecule has 2 saturated heterocycles. The summed E-state index contributed by atoms with van der Waals surface area (Å²) < 4.78 is 32.5. The smallest absolute Gasteiger partial charge is 0.410 e. The molecule has 0 spiro atoms. The second kappa shape index (κ2) is 10.1. The SMILES string of the molecule is CS(=O)(=O)OC1CN(c2nc(C(=O)N[C@H]3CCN(C(=O)OCc4ccc([N+](=O)[O-])cc4)C3)cs2)C1. The quantitative estimate of drug-likeness (QED) is 0.303. The first-order chi connectivity index (χ1) is 16.6. The Morgan fingerprint density at radius 2 is 1.97 bits per heavy atom. The van der Waals surface area contributed by atoms with Gasteiger partial charge in [-0.05, 0) is 24.1 Å². The van der Waals surface area contributed by atoms with Crippen LogP contribution < -0.4 is 10.2 Å². The zero-order chi connectivity index (χ0) is 25.2. The van der Waals surface area contributed by atoms with Gasteiger partial charge in [-0.1, -0.05) is 0 Å². The van der Waals surface area contributed by atoms with Crippen molar-refractivity contribution in [2.24, 2.45) is 0 Å². The molecule has 13 nitrogen and oxygen atoms in total. The Hall–Kier alpha value is -3.30. The summed E-state index contributed by atoms with van der Waals surface area (Å²) >= 11 is 1.28. The van der Waals surface area contributed by atoms with Crippen molar-refractivity contribution in [3.63, 3.8) is 0 Å². The van der Waals surface area contributed by atoms with E-state index in [1.54, 1.807) is 5.38 Å². The van der Waals surface area contributed by atoms with Crippen LogP contribution in [0.15, 0.2) is 29.6 Å². The number of hydrogen-bond donors (Lipinski definition) is 1. The molecule has 1 atom stereocenters. The number of hydrogen-bond acceptors (Lipinski definition) is 11. The molecule has 188 valence electrons. The van der Waals surface area contributed by atoms with Crippen LogP contribution in [0.2, 0.25) is 0 Å². The summed E-state index contributed by atoms with van der Waals surface area (Å²) in [5.74, 6) is -0.358. The van der Waals surface area contributed by atoms with Gasteiger partial charge in [0.25, 0.3) is 21.7 Å². The third-order valence-electron chi connectivity index (χ3n) is 5.45. The van der Waals surface area contributed by atoms with Gasteiger partial charge in [0.1, 0.15) is 18.4 Å². The first-order valence-electron chi connectivity index (χ1n) is 10.6. The minimum Gasteiger partial charge on any atom is -0.445 e. The van der Waals surface area contributed by atoms with Gasteiger partial charge >= 0.3 is 6.09 Å². The lowest BCUT2D eigenvalue weighted by Gasteiger charge is -2.37. The van der Waals surface area contributed by atoms with Crippen molar-refractivity contribution in [1.29, 1.82) is 0 Å². The Balaban J connectivity index is 1.21. The van der Waals surface area contributed by atoms with Gasteiger partial charge in [-0.2, -0.15) is 8.42 Å². The van der Waals surface area contributed by atoms with Gasteiger partial charge in [-0.15, -0.1) is 11.3 Å². The number of nitro benzene ring substituents is 1. The van der Waals surface area contributed by atoms with Crippen LogP contribution in [-0.4, -0.2) is 79.8 Å². The van der Waals surface area contributed by atoms with Crippen molar-refractivity contribution in [2.75, 3.05) is 37.3 Å². The number of aromatic nitrogens is 1. The summed E-state index contributed by atoms with van der Waals surface area (Å²) in [4.78, 5) is 42.8. The van der Waals surface area contributed by atoms with Gasteiger partial charge < -0.3 is 19.9 Å². The van der Waals surface area contributed by atoms with Crippen molar-refractivity contribution < 1.29 is 31.9 Å². The molecule has 2 fully saturated rings. The van der Waals surface area contributed by atoms with Gasteiger partial charge in [-0.3, -0.25) is 19.1 Å². The lowest BCUT2D eigenvalue weighted by atomic mass is 10.2. The highest BCUT2D eigenvalue weighted by Gasteiger charge is 2.33. The van der Waals surface area contributed by atoms with E-state index in [9.17, 15) is 28.1 Å². The minimum atomic E-state index is -3.51. The molecule has 2 aromatic rings. The highest BCUT2D eigenvalue weighted by atomic mass is 32.2. The summed E-state index contributed by atoms with van der Waals surface area (Å²) in [6.07, 6.45) is 0.617. The van der Waals surface area contributed by atoms with Crippen LogP contribution in [0.4, 0.5) is 15.6 Å². The topological polar surface area (TPSA) is 161 Å². The zero-order valence-corrected chi connectivity index (χ0v) is 20.3. The number of benzene rings is 1. The molecular formula is C20H23N5O8S2. The highest BCUT2D eigenvalue weighted by molar-refractivity contribution is 7.86. The molecule has 2 aliphatic heterocycles. The maximum Gasteiger partial charge on any atom is 0.410 e. The number of nitrogens with one attached hydrogen (secondary N) is 1. The van der Waals surface area contributed by atoms with E-state index >= 15 is 0 Å². The molecule has 0 aliphatic carbocycles. The Morgan fingerprint density at radius 3 is 2.63 bits per heavy atom. The first kappa shape index (κ1) is 24.8. The number of non-ortho nitro benzene ring substituents is 1. The molecule has 4 rings (SSSR count). The van der Waals surface area contributed by atoms with E-state index in [1.165, 1.54) is 40.5 Å². The van der Waals surface area contributed by atoms with Crippen LogP contribution in [0.5, 0.6) is 0 Å². The van der Waals surface area contributed by atoms with Gasteiger partial charge in [0.15, 0.2) is 5.13 Å². The van der Waals surface area contributed by atoms with Gasteiger partial charge in [0.2, 0.25) is 0 Å². The van der Waals surface area contributed by atoms with Crippen molar-refractivity contribution in [3.05, 3.63) is 51.0 Å². The summed E-state index contributed by atoms with van der Waals surface area (Å²) in [6, 6.07) is 5.49. The number of ether oxygens (including phenoxy) is 1. The Morgan fingerprint density at radius 1 is 1.26 bits per heavy atom. The number of carbonyl (C=O) groups excluding carboxylic acids is 2. The lowest BCUT2D eigenvalue weighted by molar-refractivity contribution is -0.384. The molecule has 35 heavy (non-hydrogen) atoms. The van der Waals surface area contributed by atoms with Crippen LogP contribution in [-0.2, 0) is 25.6 Å². The molecule has 2 amide bonds. The summed E-state index contributed by atoms with van der Waals surface area (Å²) in [5, 5.41) is 15.8. The van der Waals surface area contributed by atoms with Crippen molar-refractivity contribution in [2.45, 2.75) is 25.2 Å². The largest absolute Gasteiger partial charge is 0.445 e. The molecule has 2 aliphatic rings. The third kappa shape index (κ3) is 6.43. The highest BCUT2D eigenvalue weighted by Crippen LogP contribution is 2.27. The summed E-state index contributed by atoms with van der Waals surface area (Å²) in [7, 11) is -3.51. The van der Waals surface area contributed by atoms with E-state index in [0.29, 0.717) is 43.3 Å². The maximum atomic E-state index is 12.6. The second-order valence-electron chi connectivity index (χ2n) is 8.23. The monoisotopic (exact) mass is 525 g/mol. The molecule has 0 unspecified atom stereocenters. The van der Waals surface area contributed by atoms with Gasteiger partial charge in [0.05, 0.1) is 11.2 Å². The molecule has 0 radical (unpaired) electrons. The van der Waals surface area contributed by atoms with Crippen LogP contribution in [0.25, 0.3) is 0 Å². The van der Waals surface area contributed by atoms with E-state index in [2.05, 4.69) is 10.3 Å². The predicted octanol–water partition coefficient (Wildman–Crippen LogP) is 1.36. The number of nitro groups is 1. The molecule has 0 bridgehead atoms. The number of carbonyl (C=O) groups is 2. The third-order valence-corrected chi connectivity index (χ3v) is 6.97. The minimum absolute atomic E-state index is 0.0153. The zero-order valence-electron chi connectivity index (χ0n) is 18.7. The lowest BCUT2D eigenvalue weighted by Crippen LogP contribution is -2.53. The summed E-state index contributed by atoms with van der Waals surface area (Å²) in [6.45, 7) is 1.45. The molecule has 15 heteroatoms. The van der Waals surface area contributed by atoms with Gasteiger partial charge in [0, 0.05) is 49.7 Å². The fraction of sp³-hybridized carbons (Fsp3) is 0.450. The summed E-state index contributed by atoms with van der Waals surface area (Å²) in [5.41, 5.74) is 0.834. The number of nitrogens with zero attached hydrogens (tertiary/aromatic N) is 4. The molecule has 1 N–H and O–H groups in total. The first-order valence-corrected chi connectivity index (χ1v) is 13.3. The fourth-order valence-electron chi connectivity index (χ4n) is 3.67. The second-order valence-corrected chi connectivity index (χ2v) is 10.7. The van der Waals surface area contributed by atoms with E-state index in [-0.39, 0.29) is 29.9 Å². The van der Waals surface area contributed by atoms with Gasteiger partial charge in [-0.25, -0.2) is 9.78 Å².